The molecule has 0 atom stereocenters. The van der Waals surface area contributed by atoms with Crippen LogP contribution in [-0.2, 0) is 0 Å². The summed E-state index contributed by atoms with van der Waals surface area (Å²) >= 11 is 0. The first-order valence-corrected chi connectivity index (χ1v) is 4.81. The molecule has 0 bridgehead atoms. The lowest BCUT2D eigenvalue weighted by atomic mass is 9.92. The Balaban J connectivity index is 2.91. The first-order chi connectivity index (χ1) is 5.59. The van der Waals surface area contributed by atoms with E-state index in [0.29, 0.717) is 0 Å². The first-order valence-electron chi connectivity index (χ1n) is 4.81. The van der Waals surface area contributed by atoms with E-state index in [1.165, 1.54) is 35.1 Å². The molecule has 0 aromatic carbocycles. The minimum atomic E-state index is 1.24. The van der Waals surface area contributed by atoms with Crippen LogP contribution in [0.3, 0.4) is 0 Å². The fourth-order valence-electron chi connectivity index (χ4n) is 1.92. The largest absolute Gasteiger partial charge is 0.0653 e. The Morgan fingerprint density at radius 2 is 1.17 bits per heavy atom. The average molecular weight is 163 g/mol. The molecular formula is C12H19. The standard InChI is InChI=1S/C12H19/c1-6-7-12-10(4)8(2)9(3)11(12)5/h6-7H2,1-5H3. The van der Waals surface area contributed by atoms with Crippen molar-refractivity contribution < 1.29 is 0 Å². The molecule has 1 rings (SSSR count). The van der Waals surface area contributed by atoms with E-state index in [4.69, 9.17) is 0 Å². The lowest BCUT2D eigenvalue weighted by Crippen LogP contribution is -1.96. The minimum absolute atomic E-state index is 1.24. The Labute approximate surface area is 76.4 Å². The third kappa shape index (κ3) is 1.35. The molecule has 12 heavy (non-hydrogen) atoms. The summed E-state index contributed by atoms with van der Waals surface area (Å²) in [5.74, 6) is 1.59. The molecule has 0 aromatic heterocycles. The van der Waals surface area contributed by atoms with Crippen molar-refractivity contribution in [1.29, 1.82) is 0 Å². The lowest BCUT2D eigenvalue weighted by molar-refractivity contribution is 0.836. The number of allylic oxidation sites excluding steroid dienone is 4. The quantitative estimate of drug-likeness (QED) is 0.576. The molecule has 0 amide bonds. The average Bonchev–Trinajstić information content (AvgIpc) is 2.23. The van der Waals surface area contributed by atoms with Crippen molar-refractivity contribution in [3.8, 4) is 0 Å². The molecule has 67 valence electrons. The van der Waals surface area contributed by atoms with Gasteiger partial charge in [0.1, 0.15) is 0 Å². The molecule has 1 aliphatic carbocycles. The topological polar surface area (TPSA) is 0 Å². The fraction of sp³-hybridized carbons (Fsp3) is 0.583. The predicted octanol–water partition coefficient (Wildman–Crippen LogP) is 4.05. The Morgan fingerprint density at radius 3 is 1.50 bits per heavy atom. The fourth-order valence-corrected chi connectivity index (χ4v) is 1.92. The third-order valence-electron chi connectivity index (χ3n) is 3.09. The Kier molecular flexibility index (Phi) is 2.76. The number of hydrogen-bond donors (Lipinski definition) is 0. The van der Waals surface area contributed by atoms with Gasteiger partial charge in [0.05, 0.1) is 0 Å². The normalized spacial score (nSPS) is 19.8. The predicted molar refractivity (Wildman–Crippen MR) is 54.9 cm³/mol. The van der Waals surface area contributed by atoms with Crippen LogP contribution in [0, 0.1) is 5.92 Å². The van der Waals surface area contributed by atoms with Gasteiger partial charge in [0, 0.05) is 5.92 Å². The zero-order chi connectivity index (χ0) is 9.30. The molecule has 0 aromatic rings. The van der Waals surface area contributed by atoms with Crippen LogP contribution in [0.4, 0.5) is 0 Å². The smallest absolute Gasteiger partial charge is 0.0257 e. The molecular weight excluding hydrogens is 144 g/mol. The molecule has 0 spiro atoms. The van der Waals surface area contributed by atoms with Crippen molar-refractivity contribution in [1.82, 2.24) is 0 Å². The second-order valence-electron chi connectivity index (χ2n) is 3.73. The van der Waals surface area contributed by atoms with Crippen LogP contribution in [0.2, 0.25) is 0 Å². The highest BCUT2D eigenvalue weighted by atomic mass is 14.3. The van der Waals surface area contributed by atoms with E-state index >= 15 is 0 Å². The molecule has 1 radical (unpaired) electrons. The van der Waals surface area contributed by atoms with E-state index in [1.54, 1.807) is 5.92 Å². The molecule has 0 saturated carbocycles. The summed E-state index contributed by atoms with van der Waals surface area (Å²) in [6, 6.07) is 0. The van der Waals surface area contributed by atoms with E-state index in [0.717, 1.165) is 0 Å². The van der Waals surface area contributed by atoms with Crippen LogP contribution in [0.1, 0.15) is 47.5 Å². The van der Waals surface area contributed by atoms with Crippen LogP contribution in [-0.4, -0.2) is 0 Å². The van der Waals surface area contributed by atoms with Crippen molar-refractivity contribution in [2.24, 2.45) is 0 Å². The van der Waals surface area contributed by atoms with Crippen LogP contribution >= 0.6 is 0 Å². The van der Waals surface area contributed by atoms with Crippen molar-refractivity contribution in [2.45, 2.75) is 47.5 Å². The molecule has 0 saturated heterocycles. The lowest BCUT2D eigenvalue weighted by Gasteiger charge is -2.11. The van der Waals surface area contributed by atoms with E-state index in [9.17, 15) is 0 Å². The van der Waals surface area contributed by atoms with Gasteiger partial charge in [0.2, 0.25) is 0 Å². The van der Waals surface area contributed by atoms with E-state index < -0.39 is 0 Å². The molecule has 0 aliphatic heterocycles. The molecule has 0 N–H and O–H groups in total. The summed E-state index contributed by atoms with van der Waals surface area (Å²) in [6.45, 7) is 11.2. The van der Waals surface area contributed by atoms with E-state index in [2.05, 4.69) is 34.6 Å². The van der Waals surface area contributed by atoms with Crippen LogP contribution < -0.4 is 0 Å². The summed E-state index contributed by atoms with van der Waals surface area (Å²) in [7, 11) is 0. The van der Waals surface area contributed by atoms with Crippen molar-refractivity contribution >= 4 is 0 Å². The van der Waals surface area contributed by atoms with Crippen LogP contribution in [0.25, 0.3) is 0 Å². The molecule has 0 heterocycles. The molecule has 0 nitrogen and oxygen atoms in total. The van der Waals surface area contributed by atoms with Gasteiger partial charge in [-0.2, -0.15) is 0 Å². The SMILES string of the molecule is CCC[C]1C(C)=C(C)C(C)=C1C. The van der Waals surface area contributed by atoms with Crippen molar-refractivity contribution in [3.63, 3.8) is 0 Å². The second kappa shape index (κ2) is 3.47. The van der Waals surface area contributed by atoms with Gasteiger partial charge in [-0.25, -0.2) is 0 Å². The van der Waals surface area contributed by atoms with Gasteiger partial charge in [0.25, 0.3) is 0 Å². The summed E-state index contributed by atoms with van der Waals surface area (Å²) in [6.07, 6.45) is 2.50. The van der Waals surface area contributed by atoms with E-state index in [1.807, 2.05) is 0 Å². The zero-order valence-corrected chi connectivity index (χ0v) is 8.91. The summed E-state index contributed by atoms with van der Waals surface area (Å²) in [4.78, 5) is 0. The van der Waals surface area contributed by atoms with Gasteiger partial charge in [-0.3, -0.25) is 0 Å². The van der Waals surface area contributed by atoms with Gasteiger partial charge in [-0.05, 0) is 45.3 Å². The highest BCUT2D eigenvalue weighted by Gasteiger charge is 2.23. The molecule has 1 aliphatic rings. The molecule has 0 unspecified atom stereocenters. The minimum Gasteiger partial charge on any atom is -0.0653 e. The summed E-state index contributed by atoms with van der Waals surface area (Å²) in [5.41, 5.74) is 6.03. The zero-order valence-electron chi connectivity index (χ0n) is 8.91. The number of rotatable bonds is 2. The third-order valence-corrected chi connectivity index (χ3v) is 3.09. The van der Waals surface area contributed by atoms with Crippen LogP contribution in [0.5, 0.6) is 0 Å². The summed E-state index contributed by atoms with van der Waals surface area (Å²) in [5, 5.41) is 0. The maximum Gasteiger partial charge on any atom is 0.0257 e. The Hall–Kier alpha value is -0.520. The Morgan fingerprint density at radius 1 is 0.750 bits per heavy atom. The van der Waals surface area contributed by atoms with Crippen molar-refractivity contribution in [3.05, 3.63) is 28.2 Å². The van der Waals surface area contributed by atoms with Gasteiger partial charge < -0.3 is 0 Å². The monoisotopic (exact) mass is 163 g/mol. The molecule has 0 heteroatoms. The maximum absolute atomic E-state index is 2.25. The first kappa shape index (κ1) is 9.57. The second-order valence-corrected chi connectivity index (χ2v) is 3.73. The summed E-state index contributed by atoms with van der Waals surface area (Å²) < 4.78 is 0. The van der Waals surface area contributed by atoms with E-state index in [-0.39, 0.29) is 0 Å². The molecule has 0 fully saturated rings. The van der Waals surface area contributed by atoms with Crippen LogP contribution in [0.15, 0.2) is 22.3 Å². The van der Waals surface area contributed by atoms with Crippen molar-refractivity contribution in [2.75, 3.05) is 0 Å². The van der Waals surface area contributed by atoms with Gasteiger partial charge in [-0.1, -0.05) is 24.5 Å². The highest BCUT2D eigenvalue weighted by Crippen LogP contribution is 2.40. The van der Waals surface area contributed by atoms with Gasteiger partial charge >= 0.3 is 0 Å². The van der Waals surface area contributed by atoms with Gasteiger partial charge in [0.15, 0.2) is 0 Å². The van der Waals surface area contributed by atoms with Gasteiger partial charge in [-0.15, -0.1) is 0 Å². The Bertz CT molecular complexity index is 217. The maximum atomic E-state index is 2.25. The highest BCUT2D eigenvalue weighted by molar-refractivity contribution is 5.57. The number of hydrogen-bond acceptors (Lipinski definition) is 0.